The van der Waals surface area contributed by atoms with Gasteiger partial charge in [0.2, 0.25) is 17.1 Å². The largest absolute Gasteiger partial charge is 0.447 e. The van der Waals surface area contributed by atoms with Gasteiger partial charge < -0.3 is 9.47 Å². The second kappa shape index (κ2) is 5.89. The third-order valence-corrected chi connectivity index (χ3v) is 5.61. The fourth-order valence-electron chi connectivity index (χ4n) is 4.43. The van der Waals surface area contributed by atoms with Crippen molar-refractivity contribution in [2.24, 2.45) is 10.8 Å². The zero-order valence-corrected chi connectivity index (χ0v) is 15.0. The molecular formula is C21H15N5O2. The van der Waals surface area contributed by atoms with Gasteiger partial charge in [0.1, 0.15) is 6.10 Å². The Balaban J connectivity index is 2.05. The molecule has 4 unspecified atom stereocenters. The van der Waals surface area contributed by atoms with Gasteiger partial charge in [-0.2, -0.15) is 15.8 Å². The van der Waals surface area contributed by atoms with Gasteiger partial charge in [-0.3, -0.25) is 10.4 Å². The second-order valence-corrected chi connectivity index (χ2v) is 6.99. The molecule has 2 aromatic rings. The molecule has 0 spiro atoms. The Morgan fingerprint density at radius 1 is 1.00 bits per heavy atom. The number of nitrogens with one attached hydrogen (secondary N) is 1. The van der Waals surface area contributed by atoms with Crippen LogP contribution in [0.4, 0.5) is 0 Å². The van der Waals surface area contributed by atoms with E-state index in [1.54, 1.807) is 49.4 Å². The predicted molar refractivity (Wildman–Crippen MR) is 96.2 cm³/mol. The van der Waals surface area contributed by atoms with Crippen molar-refractivity contribution in [1.82, 2.24) is 4.98 Å². The van der Waals surface area contributed by atoms with E-state index in [-0.39, 0.29) is 0 Å². The molecule has 4 atom stereocenters. The number of nitriles is 3. The van der Waals surface area contributed by atoms with Crippen LogP contribution in [0.3, 0.4) is 0 Å². The van der Waals surface area contributed by atoms with Gasteiger partial charge in [-0.15, -0.1) is 0 Å². The van der Waals surface area contributed by atoms with Gasteiger partial charge in [-0.1, -0.05) is 36.4 Å². The lowest BCUT2D eigenvalue weighted by Crippen LogP contribution is -2.57. The van der Waals surface area contributed by atoms with E-state index < -0.39 is 34.5 Å². The molecule has 0 amide bonds. The van der Waals surface area contributed by atoms with Crippen LogP contribution in [0.5, 0.6) is 0 Å². The lowest BCUT2D eigenvalue weighted by atomic mass is 9.52. The molecule has 3 heterocycles. The van der Waals surface area contributed by atoms with Crippen molar-refractivity contribution in [3.05, 3.63) is 66.0 Å². The highest BCUT2D eigenvalue weighted by Gasteiger charge is 2.80. The highest BCUT2D eigenvalue weighted by Crippen LogP contribution is 2.69. The summed E-state index contributed by atoms with van der Waals surface area (Å²) in [6.07, 6.45) is 0.368. The topological polar surface area (TPSA) is 127 Å². The number of benzene rings is 1. The molecule has 136 valence electrons. The lowest BCUT2D eigenvalue weighted by molar-refractivity contribution is -0.254. The maximum absolute atomic E-state index is 10.3. The molecule has 4 rings (SSSR count). The van der Waals surface area contributed by atoms with Crippen molar-refractivity contribution in [3.63, 3.8) is 0 Å². The van der Waals surface area contributed by atoms with Crippen LogP contribution in [-0.4, -0.2) is 16.7 Å². The first kappa shape index (κ1) is 17.7. The predicted octanol–water partition coefficient (Wildman–Crippen LogP) is 3.20. The average Bonchev–Trinajstić information content (AvgIpc) is 2.92. The van der Waals surface area contributed by atoms with E-state index in [9.17, 15) is 15.8 Å². The molecule has 2 aliphatic heterocycles. The first-order valence-corrected chi connectivity index (χ1v) is 8.64. The molecular weight excluding hydrogens is 354 g/mol. The van der Waals surface area contributed by atoms with E-state index in [1.807, 2.05) is 18.2 Å². The highest BCUT2D eigenvalue weighted by atomic mass is 16.7. The van der Waals surface area contributed by atoms with Crippen LogP contribution in [-0.2, 0) is 9.47 Å². The van der Waals surface area contributed by atoms with Gasteiger partial charge in [0.25, 0.3) is 0 Å². The number of nitrogens with zero attached hydrogens (tertiary/aromatic N) is 4. The fourth-order valence-corrected chi connectivity index (χ4v) is 4.43. The minimum absolute atomic E-state index is 0.335. The maximum Gasteiger partial charge on any atom is 0.219 e. The van der Waals surface area contributed by atoms with E-state index in [0.717, 1.165) is 0 Å². The van der Waals surface area contributed by atoms with Gasteiger partial charge in [-0.05, 0) is 17.7 Å². The van der Waals surface area contributed by atoms with Crippen molar-refractivity contribution in [2.75, 3.05) is 0 Å². The van der Waals surface area contributed by atoms with Crippen LogP contribution in [0.2, 0.25) is 0 Å². The van der Waals surface area contributed by atoms with Crippen LogP contribution in [0.25, 0.3) is 0 Å². The summed E-state index contributed by atoms with van der Waals surface area (Å²) >= 11 is 0. The Bertz CT molecular complexity index is 1050. The van der Waals surface area contributed by atoms with Gasteiger partial charge >= 0.3 is 0 Å². The zero-order chi connectivity index (χ0) is 20.0. The van der Waals surface area contributed by atoms with Crippen LogP contribution in [0.1, 0.15) is 30.2 Å². The molecule has 2 saturated heterocycles. The molecule has 2 fully saturated rings. The summed E-state index contributed by atoms with van der Waals surface area (Å²) in [6.45, 7) is 1.63. The van der Waals surface area contributed by atoms with Crippen molar-refractivity contribution >= 4 is 5.90 Å². The summed E-state index contributed by atoms with van der Waals surface area (Å²) < 4.78 is 11.9. The van der Waals surface area contributed by atoms with Crippen molar-refractivity contribution in [1.29, 1.82) is 21.2 Å². The molecule has 7 heteroatoms. The minimum atomic E-state index is -2.02. The average molecular weight is 369 g/mol. The second-order valence-electron chi connectivity index (χ2n) is 6.99. The normalized spacial score (nSPS) is 32.4. The molecule has 2 bridgehead atoms. The number of hydrogen-bond acceptors (Lipinski definition) is 7. The standard InChI is InChI=1S/C21H15N5O2/c1-19-16(14-7-3-2-4-8-14)21(13-24,18(25)28-19)20(11-22,12-23)17(27-19)15-9-5-6-10-26-15/h2-10,16-17,25H,1H3. The van der Waals surface area contributed by atoms with Gasteiger partial charge in [-0.25, -0.2) is 0 Å². The van der Waals surface area contributed by atoms with Gasteiger partial charge in [0, 0.05) is 13.1 Å². The number of rotatable bonds is 2. The van der Waals surface area contributed by atoms with Crippen molar-refractivity contribution < 1.29 is 9.47 Å². The van der Waals surface area contributed by atoms with E-state index in [0.29, 0.717) is 11.3 Å². The third kappa shape index (κ3) is 1.93. The quantitative estimate of drug-likeness (QED) is 0.866. The summed E-state index contributed by atoms with van der Waals surface area (Å²) in [7, 11) is 0. The molecule has 2 aliphatic rings. The number of aromatic nitrogens is 1. The number of hydrogen-bond donors (Lipinski definition) is 1. The fraction of sp³-hybridized carbons (Fsp3) is 0.286. The van der Waals surface area contributed by atoms with Crippen molar-refractivity contribution in [2.45, 2.75) is 24.7 Å². The molecule has 0 saturated carbocycles. The van der Waals surface area contributed by atoms with E-state index in [1.165, 1.54) is 6.20 Å². The minimum Gasteiger partial charge on any atom is -0.447 e. The molecule has 0 radical (unpaired) electrons. The third-order valence-electron chi connectivity index (χ3n) is 5.61. The molecule has 1 aromatic heterocycles. The lowest BCUT2D eigenvalue weighted by Gasteiger charge is -2.48. The van der Waals surface area contributed by atoms with E-state index in [4.69, 9.17) is 14.9 Å². The molecule has 7 nitrogen and oxygen atoms in total. The molecule has 1 N–H and O–H groups in total. The molecule has 1 aromatic carbocycles. The summed E-state index contributed by atoms with van der Waals surface area (Å²) in [5, 5.41) is 39.1. The van der Waals surface area contributed by atoms with Gasteiger partial charge in [0.15, 0.2) is 5.41 Å². The SMILES string of the molecule is CC12OC(=N)C(C#N)(C1c1ccccc1)C(C#N)(C#N)C(c1ccccn1)O2. The van der Waals surface area contributed by atoms with Crippen molar-refractivity contribution in [3.8, 4) is 18.2 Å². The highest BCUT2D eigenvalue weighted by molar-refractivity contribution is 5.90. The van der Waals surface area contributed by atoms with Crippen LogP contribution < -0.4 is 0 Å². The van der Waals surface area contributed by atoms with E-state index >= 15 is 0 Å². The number of ether oxygens (including phenoxy) is 2. The summed E-state index contributed by atoms with van der Waals surface area (Å²) in [6, 6.07) is 20.2. The van der Waals surface area contributed by atoms with E-state index in [2.05, 4.69) is 11.1 Å². The first-order valence-electron chi connectivity index (χ1n) is 8.64. The Morgan fingerprint density at radius 3 is 2.25 bits per heavy atom. The Morgan fingerprint density at radius 2 is 1.68 bits per heavy atom. The Kier molecular flexibility index (Phi) is 3.72. The maximum atomic E-state index is 10.3. The number of pyridine rings is 1. The van der Waals surface area contributed by atoms with Gasteiger partial charge in [0.05, 0.1) is 29.8 Å². The molecule has 28 heavy (non-hydrogen) atoms. The summed E-state index contributed by atoms with van der Waals surface area (Å²) in [4.78, 5) is 4.25. The van der Waals surface area contributed by atoms with Crippen LogP contribution >= 0.6 is 0 Å². The Labute approximate surface area is 161 Å². The molecule has 0 aliphatic carbocycles. The first-order chi connectivity index (χ1) is 13.5. The van der Waals surface area contributed by atoms with Crippen LogP contribution in [0, 0.1) is 50.2 Å². The Hall–Kier alpha value is -3.73. The number of fused-ring (bicyclic) bond motifs is 2. The zero-order valence-electron chi connectivity index (χ0n) is 15.0. The monoisotopic (exact) mass is 369 g/mol. The van der Waals surface area contributed by atoms with Crippen LogP contribution in [0.15, 0.2) is 54.7 Å². The summed E-state index contributed by atoms with van der Waals surface area (Å²) in [5.74, 6) is -2.68. The smallest absolute Gasteiger partial charge is 0.219 e. The summed E-state index contributed by atoms with van der Waals surface area (Å²) in [5.41, 5.74) is -2.89.